The van der Waals surface area contributed by atoms with Crippen LogP contribution in [0.4, 0.5) is 0 Å². The van der Waals surface area contributed by atoms with E-state index in [1.54, 1.807) is 0 Å². The Labute approximate surface area is 116 Å². The van der Waals surface area contributed by atoms with Gasteiger partial charge in [-0.05, 0) is 31.7 Å². The topological polar surface area (TPSA) is 72.5 Å². The zero-order valence-electron chi connectivity index (χ0n) is 11.9. The molecule has 0 aromatic heterocycles. The highest BCUT2D eigenvalue weighted by Crippen LogP contribution is 2.30. The summed E-state index contributed by atoms with van der Waals surface area (Å²) in [6.45, 7) is 2.68. The molecule has 0 saturated heterocycles. The van der Waals surface area contributed by atoms with E-state index in [1.165, 1.54) is 32.7 Å². The molecule has 2 atom stereocenters. The molecule has 1 N–H and O–H groups in total. The average Bonchev–Trinajstić information content (AvgIpc) is 2.37. The molecule has 0 spiro atoms. The van der Waals surface area contributed by atoms with Crippen LogP contribution in [0.15, 0.2) is 0 Å². The molecule has 19 heavy (non-hydrogen) atoms. The Kier molecular flexibility index (Phi) is 6.79. The standard InChI is InChI=1S/C13H25NO4S/c1-11-4-3-5-12(10-11)6-8-18-13(15)7-9-19(16,17)14-2/h11-12,14H,3-10H2,1-2H3/t11-,12-/m0/s1. The molecule has 6 heteroatoms. The third-order valence-electron chi connectivity index (χ3n) is 3.72. The summed E-state index contributed by atoms with van der Waals surface area (Å²) in [6.07, 6.45) is 5.82. The fraction of sp³-hybridized carbons (Fsp3) is 0.923. The van der Waals surface area contributed by atoms with Crippen LogP contribution in [0, 0.1) is 11.8 Å². The lowest BCUT2D eigenvalue weighted by Gasteiger charge is -2.26. The molecule has 1 fully saturated rings. The van der Waals surface area contributed by atoms with Gasteiger partial charge in [-0.15, -0.1) is 0 Å². The minimum absolute atomic E-state index is 0.0791. The van der Waals surface area contributed by atoms with E-state index in [2.05, 4.69) is 11.6 Å². The summed E-state index contributed by atoms with van der Waals surface area (Å²) in [4.78, 5) is 11.4. The van der Waals surface area contributed by atoms with E-state index in [4.69, 9.17) is 4.74 Å². The molecular formula is C13H25NO4S. The van der Waals surface area contributed by atoms with Crippen molar-refractivity contribution in [2.45, 2.75) is 45.4 Å². The molecule has 0 radical (unpaired) electrons. The van der Waals surface area contributed by atoms with Gasteiger partial charge in [0.25, 0.3) is 0 Å². The van der Waals surface area contributed by atoms with Crippen LogP contribution in [0.3, 0.4) is 0 Å². The lowest BCUT2D eigenvalue weighted by atomic mass is 9.81. The highest BCUT2D eigenvalue weighted by molar-refractivity contribution is 7.89. The monoisotopic (exact) mass is 291 g/mol. The van der Waals surface area contributed by atoms with E-state index in [9.17, 15) is 13.2 Å². The van der Waals surface area contributed by atoms with Crippen molar-refractivity contribution in [3.63, 3.8) is 0 Å². The molecule has 1 saturated carbocycles. The third kappa shape index (κ3) is 6.92. The molecule has 0 aromatic rings. The van der Waals surface area contributed by atoms with Crippen molar-refractivity contribution in [3.05, 3.63) is 0 Å². The number of carbonyl (C=O) groups is 1. The summed E-state index contributed by atoms with van der Waals surface area (Å²) >= 11 is 0. The number of carbonyl (C=O) groups excluding carboxylic acids is 1. The molecule has 0 aliphatic heterocycles. The first-order chi connectivity index (χ1) is 8.93. The Morgan fingerprint density at radius 3 is 2.74 bits per heavy atom. The summed E-state index contributed by atoms with van der Waals surface area (Å²) < 4.78 is 29.5. The number of esters is 1. The van der Waals surface area contributed by atoms with Gasteiger partial charge in [0, 0.05) is 0 Å². The second kappa shape index (κ2) is 7.85. The summed E-state index contributed by atoms with van der Waals surface area (Å²) in [5, 5.41) is 0. The number of sulfonamides is 1. The summed E-state index contributed by atoms with van der Waals surface area (Å²) in [5.41, 5.74) is 0. The quantitative estimate of drug-likeness (QED) is 0.724. The van der Waals surface area contributed by atoms with E-state index in [-0.39, 0.29) is 12.2 Å². The van der Waals surface area contributed by atoms with Crippen LogP contribution >= 0.6 is 0 Å². The van der Waals surface area contributed by atoms with Gasteiger partial charge in [-0.25, -0.2) is 13.1 Å². The SMILES string of the molecule is CNS(=O)(=O)CCC(=O)OCC[C@@H]1CCC[C@H](C)C1. The molecule has 5 nitrogen and oxygen atoms in total. The van der Waals surface area contributed by atoms with Crippen LogP contribution in [0.2, 0.25) is 0 Å². The predicted octanol–water partition coefficient (Wildman–Crippen LogP) is 1.69. The largest absolute Gasteiger partial charge is 0.466 e. The van der Waals surface area contributed by atoms with E-state index in [0.29, 0.717) is 12.5 Å². The normalized spacial score (nSPS) is 24.1. The number of hydrogen-bond donors (Lipinski definition) is 1. The van der Waals surface area contributed by atoms with Gasteiger partial charge in [0.05, 0.1) is 18.8 Å². The lowest BCUT2D eigenvalue weighted by molar-refractivity contribution is -0.143. The van der Waals surface area contributed by atoms with Crippen LogP contribution in [0.1, 0.15) is 45.4 Å². The number of ether oxygens (including phenoxy) is 1. The van der Waals surface area contributed by atoms with Crippen molar-refractivity contribution in [3.8, 4) is 0 Å². The van der Waals surface area contributed by atoms with Crippen molar-refractivity contribution < 1.29 is 17.9 Å². The van der Waals surface area contributed by atoms with E-state index in [0.717, 1.165) is 12.3 Å². The van der Waals surface area contributed by atoms with Gasteiger partial charge in [0.1, 0.15) is 0 Å². The molecule has 1 aliphatic carbocycles. The van der Waals surface area contributed by atoms with Gasteiger partial charge in [-0.2, -0.15) is 0 Å². The zero-order chi connectivity index (χ0) is 14.3. The highest BCUT2D eigenvalue weighted by Gasteiger charge is 2.19. The lowest BCUT2D eigenvalue weighted by Crippen LogP contribution is -2.24. The van der Waals surface area contributed by atoms with Crippen LogP contribution < -0.4 is 4.72 Å². The number of nitrogens with one attached hydrogen (secondary N) is 1. The van der Waals surface area contributed by atoms with Gasteiger partial charge in [0.2, 0.25) is 10.0 Å². The van der Waals surface area contributed by atoms with Crippen molar-refractivity contribution in [2.75, 3.05) is 19.4 Å². The second-order valence-corrected chi connectivity index (χ2v) is 7.47. The number of rotatable bonds is 7. The fourth-order valence-electron chi connectivity index (χ4n) is 2.55. The molecule has 112 valence electrons. The molecule has 1 rings (SSSR count). The maximum atomic E-state index is 11.4. The summed E-state index contributed by atoms with van der Waals surface area (Å²) in [5.74, 6) is 0.790. The Morgan fingerprint density at radius 1 is 1.37 bits per heavy atom. The van der Waals surface area contributed by atoms with Crippen LogP contribution in [-0.4, -0.2) is 33.8 Å². The second-order valence-electron chi connectivity index (χ2n) is 5.42. The van der Waals surface area contributed by atoms with Crippen molar-refractivity contribution in [1.82, 2.24) is 4.72 Å². The highest BCUT2D eigenvalue weighted by atomic mass is 32.2. The minimum atomic E-state index is -3.32. The summed E-state index contributed by atoms with van der Waals surface area (Å²) in [7, 11) is -1.98. The molecule has 0 unspecified atom stereocenters. The average molecular weight is 291 g/mol. The zero-order valence-corrected chi connectivity index (χ0v) is 12.7. The van der Waals surface area contributed by atoms with Crippen molar-refractivity contribution in [1.29, 1.82) is 0 Å². The van der Waals surface area contributed by atoms with Crippen LogP contribution in [-0.2, 0) is 19.6 Å². The van der Waals surface area contributed by atoms with Gasteiger partial charge < -0.3 is 4.74 Å². The first-order valence-electron chi connectivity index (χ1n) is 7.00. The maximum absolute atomic E-state index is 11.4. The smallest absolute Gasteiger partial charge is 0.306 e. The molecule has 1 aliphatic rings. The predicted molar refractivity (Wildman–Crippen MR) is 74.2 cm³/mol. The maximum Gasteiger partial charge on any atom is 0.306 e. The van der Waals surface area contributed by atoms with E-state index < -0.39 is 16.0 Å². The number of hydrogen-bond acceptors (Lipinski definition) is 4. The van der Waals surface area contributed by atoms with E-state index >= 15 is 0 Å². The molecule has 0 heterocycles. The Bertz CT molecular complexity index is 380. The molecule has 0 amide bonds. The Morgan fingerprint density at radius 2 is 2.11 bits per heavy atom. The van der Waals surface area contributed by atoms with Gasteiger partial charge in [0.15, 0.2) is 0 Å². The van der Waals surface area contributed by atoms with Gasteiger partial charge in [-0.3, -0.25) is 4.79 Å². The molecular weight excluding hydrogens is 266 g/mol. The van der Waals surface area contributed by atoms with Gasteiger partial charge >= 0.3 is 5.97 Å². The van der Waals surface area contributed by atoms with Crippen LogP contribution in [0.5, 0.6) is 0 Å². The van der Waals surface area contributed by atoms with Crippen LogP contribution in [0.25, 0.3) is 0 Å². The van der Waals surface area contributed by atoms with E-state index in [1.807, 2.05) is 0 Å². The molecule has 0 bridgehead atoms. The Hall–Kier alpha value is -0.620. The van der Waals surface area contributed by atoms with Crippen molar-refractivity contribution in [2.24, 2.45) is 11.8 Å². The van der Waals surface area contributed by atoms with Gasteiger partial charge in [-0.1, -0.05) is 26.2 Å². The minimum Gasteiger partial charge on any atom is -0.466 e. The fourth-order valence-corrected chi connectivity index (χ4v) is 3.19. The third-order valence-corrected chi connectivity index (χ3v) is 5.08. The first-order valence-corrected chi connectivity index (χ1v) is 8.65. The summed E-state index contributed by atoms with van der Waals surface area (Å²) in [6, 6.07) is 0. The molecule has 0 aromatic carbocycles. The van der Waals surface area contributed by atoms with Crippen molar-refractivity contribution >= 4 is 16.0 Å². The first kappa shape index (κ1) is 16.4. The Balaban J connectivity index is 2.13.